The fourth-order valence-electron chi connectivity index (χ4n) is 4.04. The van der Waals surface area contributed by atoms with E-state index in [-0.39, 0.29) is 12.5 Å². The van der Waals surface area contributed by atoms with Gasteiger partial charge in [0, 0.05) is 22.7 Å². The van der Waals surface area contributed by atoms with E-state index in [1.807, 2.05) is 55.6 Å². The quantitative estimate of drug-likeness (QED) is 0.430. The molecule has 0 aliphatic carbocycles. The first-order valence-corrected chi connectivity index (χ1v) is 10.6. The van der Waals surface area contributed by atoms with E-state index in [4.69, 9.17) is 13.9 Å². The van der Waals surface area contributed by atoms with Gasteiger partial charge in [-0.25, -0.2) is 0 Å². The van der Waals surface area contributed by atoms with Crippen LogP contribution in [-0.2, 0) is 6.42 Å². The highest BCUT2D eigenvalue weighted by atomic mass is 16.6. The van der Waals surface area contributed by atoms with Crippen molar-refractivity contribution in [3.63, 3.8) is 0 Å². The first-order valence-electron chi connectivity index (χ1n) is 10.6. The van der Waals surface area contributed by atoms with Crippen LogP contribution in [0, 0.1) is 6.92 Å². The van der Waals surface area contributed by atoms with Gasteiger partial charge >= 0.3 is 0 Å². The van der Waals surface area contributed by atoms with Gasteiger partial charge in [0.15, 0.2) is 11.5 Å². The van der Waals surface area contributed by atoms with Crippen molar-refractivity contribution in [3.8, 4) is 22.8 Å². The number of para-hydroxylation sites is 1. The van der Waals surface area contributed by atoms with Crippen LogP contribution in [0.1, 0.15) is 21.7 Å². The van der Waals surface area contributed by atoms with Crippen LogP contribution in [0.25, 0.3) is 22.2 Å². The molecule has 5 rings (SSSR count). The number of aliphatic hydroxyl groups excluding tert-OH is 1. The molecule has 1 atom stereocenters. The Hall–Kier alpha value is -3.71. The van der Waals surface area contributed by atoms with Gasteiger partial charge in [-0.2, -0.15) is 0 Å². The molecular weight excluding hydrogens is 408 g/mol. The normalized spacial score (nSPS) is 13.8. The molecular formula is C25H24N2O5. The summed E-state index contributed by atoms with van der Waals surface area (Å²) in [5.74, 6) is 2.00. The Morgan fingerprint density at radius 1 is 1.16 bits per heavy atom. The van der Waals surface area contributed by atoms with Gasteiger partial charge in [-0.3, -0.25) is 4.79 Å². The Balaban J connectivity index is 1.43. The maximum atomic E-state index is 13.3. The summed E-state index contributed by atoms with van der Waals surface area (Å²) < 4.78 is 17.3. The second kappa shape index (κ2) is 8.43. The van der Waals surface area contributed by atoms with Gasteiger partial charge in [0.05, 0.1) is 18.2 Å². The number of ether oxygens (including phenoxy) is 2. The highest BCUT2D eigenvalue weighted by Gasteiger charge is 2.25. The lowest BCUT2D eigenvalue weighted by Gasteiger charge is -2.23. The Morgan fingerprint density at radius 2 is 2.00 bits per heavy atom. The van der Waals surface area contributed by atoms with Crippen LogP contribution in [0.4, 0.5) is 0 Å². The first-order chi connectivity index (χ1) is 15.6. The topological polar surface area (TPSA) is 96.7 Å². The zero-order valence-corrected chi connectivity index (χ0v) is 17.7. The van der Waals surface area contributed by atoms with E-state index in [0.717, 1.165) is 27.8 Å². The highest BCUT2D eigenvalue weighted by molar-refractivity contribution is 5.99. The lowest BCUT2D eigenvalue weighted by atomic mass is 10.0. The molecule has 0 radical (unpaired) electrons. The van der Waals surface area contributed by atoms with E-state index >= 15 is 0 Å². The van der Waals surface area contributed by atoms with Gasteiger partial charge in [-0.1, -0.05) is 18.2 Å². The van der Waals surface area contributed by atoms with E-state index in [1.54, 1.807) is 6.07 Å². The van der Waals surface area contributed by atoms with Gasteiger partial charge in [-0.15, -0.1) is 0 Å². The number of fused-ring (bicyclic) bond motifs is 2. The predicted molar refractivity (Wildman–Crippen MR) is 120 cm³/mol. The number of benzene rings is 2. The minimum Gasteiger partial charge on any atom is -0.486 e. The Labute approximate surface area is 185 Å². The average Bonchev–Trinajstić information content (AvgIpc) is 3.44. The third kappa shape index (κ3) is 3.83. The predicted octanol–water partition coefficient (Wildman–Crippen LogP) is 3.84. The van der Waals surface area contributed by atoms with Crippen LogP contribution in [0.15, 0.2) is 59.1 Å². The molecule has 7 heteroatoms. The molecule has 0 bridgehead atoms. The van der Waals surface area contributed by atoms with E-state index < -0.39 is 6.04 Å². The fourth-order valence-corrected chi connectivity index (χ4v) is 4.04. The van der Waals surface area contributed by atoms with Crippen molar-refractivity contribution >= 4 is 16.8 Å². The number of carbonyl (C=O) groups is 1. The summed E-state index contributed by atoms with van der Waals surface area (Å²) >= 11 is 0. The van der Waals surface area contributed by atoms with Crippen molar-refractivity contribution in [2.24, 2.45) is 0 Å². The maximum absolute atomic E-state index is 13.3. The number of furan rings is 1. The average molecular weight is 432 g/mol. The molecule has 3 N–H and O–H groups in total. The van der Waals surface area contributed by atoms with Crippen LogP contribution >= 0.6 is 0 Å². The van der Waals surface area contributed by atoms with Crippen LogP contribution in [0.5, 0.6) is 11.5 Å². The van der Waals surface area contributed by atoms with Crippen LogP contribution in [-0.4, -0.2) is 41.9 Å². The Bertz CT molecular complexity index is 1270. The minimum absolute atomic E-state index is 0.193. The zero-order chi connectivity index (χ0) is 22.1. The third-order valence-electron chi connectivity index (χ3n) is 5.61. The summed E-state index contributed by atoms with van der Waals surface area (Å²) in [6, 6.07) is 14.8. The summed E-state index contributed by atoms with van der Waals surface area (Å²) in [6.45, 7) is 2.45. The lowest BCUT2D eigenvalue weighted by Crippen LogP contribution is -2.39. The summed E-state index contributed by atoms with van der Waals surface area (Å²) in [5, 5.41) is 14.0. The van der Waals surface area contributed by atoms with Crippen LogP contribution in [0.3, 0.4) is 0 Å². The Kier molecular flexibility index (Phi) is 5.33. The molecule has 1 aliphatic heterocycles. The van der Waals surface area contributed by atoms with Gasteiger partial charge in [0.1, 0.15) is 24.7 Å². The molecule has 3 heterocycles. The summed E-state index contributed by atoms with van der Waals surface area (Å²) in [5.41, 5.74) is 3.13. The number of aryl methyl sites for hydroxylation is 1. The SMILES string of the molecule is Cc1ccc(-c2cc3c(c(C(=O)NC(CO)Cc4c[nH]c5ccccc45)c2)OCCO3)o1. The number of carbonyl (C=O) groups excluding carboxylic acids is 1. The molecule has 7 nitrogen and oxygen atoms in total. The number of rotatable bonds is 6. The molecule has 1 aliphatic rings. The molecule has 0 spiro atoms. The van der Waals surface area contributed by atoms with Crippen LogP contribution in [0.2, 0.25) is 0 Å². The molecule has 4 aromatic rings. The molecule has 1 unspecified atom stereocenters. The van der Waals surface area contributed by atoms with Gasteiger partial charge in [0.2, 0.25) is 0 Å². The lowest BCUT2D eigenvalue weighted by molar-refractivity contribution is 0.0906. The summed E-state index contributed by atoms with van der Waals surface area (Å²) in [7, 11) is 0. The summed E-state index contributed by atoms with van der Waals surface area (Å²) in [4.78, 5) is 16.5. The first kappa shape index (κ1) is 20.2. The molecule has 1 amide bonds. The number of aromatic nitrogens is 1. The molecule has 32 heavy (non-hydrogen) atoms. The van der Waals surface area contributed by atoms with Crippen molar-refractivity contribution in [2.45, 2.75) is 19.4 Å². The molecule has 0 fully saturated rings. The Morgan fingerprint density at radius 3 is 2.81 bits per heavy atom. The molecule has 2 aromatic carbocycles. The minimum atomic E-state index is -0.462. The van der Waals surface area contributed by atoms with E-state index in [1.165, 1.54) is 0 Å². The van der Waals surface area contributed by atoms with Gasteiger partial charge in [-0.05, 0) is 49.2 Å². The van der Waals surface area contributed by atoms with Crippen molar-refractivity contribution in [1.82, 2.24) is 10.3 Å². The number of aromatic amines is 1. The van der Waals surface area contributed by atoms with Crippen molar-refractivity contribution < 1.29 is 23.8 Å². The second-order valence-electron chi connectivity index (χ2n) is 7.87. The van der Waals surface area contributed by atoms with Crippen LogP contribution < -0.4 is 14.8 Å². The molecule has 164 valence electrons. The number of nitrogens with one attached hydrogen (secondary N) is 2. The number of hydrogen-bond donors (Lipinski definition) is 3. The number of amides is 1. The monoisotopic (exact) mass is 432 g/mol. The van der Waals surface area contributed by atoms with Gasteiger partial charge in [0.25, 0.3) is 5.91 Å². The third-order valence-corrected chi connectivity index (χ3v) is 5.61. The molecule has 2 aromatic heterocycles. The van der Waals surface area contributed by atoms with E-state index in [9.17, 15) is 9.90 Å². The fraction of sp³-hybridized carbons (Fsp3) is 0.240. The van der Waals surface area contributed by atoms with Crippen molar-refractivity contribution in [3.05, 3.63) is 71.6 Å². The molecule has 0 saturated carbocycles. The standard InChI is InChI=1S/C25H24N2O5/c1-15-6-7-22(32-15)16-11-20(24-23(12-16)30-8-9-31-24)25(29)27-18(14-28)10-17-13-26-21-5-3-2-4-19(17)21/h2-7,11-13,18,26,28H,8-10,14H2,1H3,(H,27,29). The highest BCUT2D eigenvalue weighted by Crippen LogP contribution is 2.39. The molecule has 0 saturated heterocycles. The maximum Gasteiger partial charge on any atom is 0.255 e. The smallest absolute Gasteiger partial charge is 0.255 e. The van der Waals surface area contributed by atoms with Crippen molar-refractivity contribution in [1.29, 1.82) is 0 Å². The largest absolute Gasteiger partial charge is 0.486 e. The number of hydrogen-bond acceptors (Lipinski definition) is 5. The van der Waals surface area contributed by atoms with E-state index in [0.29, 0.717) is 42.5 Å². The van der Waals surface area contributed by atoms with Gasteiger partial charge < -0.3 is 29.3 Å². The second-order valence-corrected chi connectivity index (χ2v) is 7.87. The zero-order valence-electron chi connectivity index (χ0n) is 17.7. The number of H-pyrrole nitrogens is 1. The number of aliphatic hydroxyl groups is 1. The summed E-state index contributed by atoms with van der Waals surface area (Å²) in [6.07, 6.45) is 2.40. The van der Waals surface area contributed by atoms with E-state index in [2.05, 4.69) is 10.3 Å². The van der Waals surface area contributed by atoms with Crippen molar-refractivity contribution in [2.75, 3.05) is 19.8 Å².